The van der Waals surface area contributed by atoms with Crippen LogP contribution in [0.1, 0.15) is 27.7 Å². The van der Waals surface area contributed by atoms with Crippen LogP contribution in [0, 0.1) is 13.8 Å². The van der Waals surface area contributed by atoms with E-state index in [1.807, 2.05) is 31.2 Å². The van der Waals surface area contributed by atoms with Crippen molar-refractivity contribution in [3.8, 4) is 0 Å². The first-order valence-electron chi connectivity index (χ1n) is 8.80. The minimum absolute atomic E-state index is 0.00836. The maximum Gasteiger partial charge on any atom is 0.301 e. The summed E-state index contributed by atoms with van der Waals surface area (Å²) in [6.45, 7) is 3.72. The lowest BCUT2D eigenvalue weighted by molar-refractivity contribution is -0.132. The van der Waals surface area contributed by atoms with Gasteiger partial charge in [0.05, 0.1) is 11.6 Å². The third-order valence-electron chi connectivity index (χ3n) is 4.68. The smallest absolute Gasteiger partial charge is 0.301 e. The number of aliphatic hydroxyl groups excluding tert-OH is 1. The van der Waals surface area contributed by atoms with Crippen molar-refractivity contribution in [2.45, 2.75) is 19.9 Å². The molecular formula is C21H16ClN3O3S. The third kappa shape index (κ3) is 3.43. The number of nitrogens with zero attached hydrogens (tertiary/aromatic N) is 3. The van der Waals surface area contributed by atoms with Crippen LogP contribution in [-0.2, 0) is 9.59 Å². The standard InChI is InChI=1S/C21H16ClN3O3S/c1-11-3-5-13(6-4-11)17-16(18(26)14-7-9-15(22)10-8-14)19(27)20(28)25(17)21-24-23-12(2)29-21/h3-10,17,26H,1-2H3/t17-/m0/s1. The van der Waals surface area contributed by atoms with E-state index in [-0.39, 0.29) is 11.3 Å². The molecule has 1 saturated heterocycles. The van der Waals surface area contributed by atoms with Crippen molar-refractivity contribution in [2.75, 3.05) is 4.90 Å². The van der Waals surface area contributed by atoms with E-state index in [4.69, 9.17) is 11.6 Å². The number of ketones is 1. The summed E-state index contributed by atoms with van der Waals surface area (Å²) in [6, 6.07) is 13.1. The molecule has 0 radical (unpaired) electrons. The van der Waals surface area contributed by atoms with Gasteiger partial charge in [-0.3, -0.25) is 14.5 Å². The lowest BCUT2D eigenvalue weighted by Crippen LogP contribution is -2.29. The number of anilines is 1. The minimum atomic E-state index is -0.807. The maximum absolute atomic E-state index is 12.9. The van der Waals surface area contributed by atoms with Crippen molar-refractivity contribution < 1.29 is 14.7 Å². The highest BCUT2D eigenvalue weighted by molar-refractivity contribution is 7.15. The van der Waals surface area contributed by atoms with Crippen LogP contribution < -0.4 is 4.90 Å². The molecule has 1 fully saturated rings. The fourth-order valence-electron chi connectivity index (χ4n) is 3.24. The normalized spacial score (nSPS) is 18.4. The summed E-state index contributed by atoms with van der Waals surface area (Å²) >= 11 is 7.14. The molecule has 1 aliphatic heterocycles. The van der Waals surface area contributed by atoms with E-state index in [0.29, 0.717) is 26.3 Å². The van der Waals surface area contributed by atoms with Gasteiger partial charge in [-0.2, -0.15) is 0 Å². The van der Waals surface area contributed by atoms with Crippen molar-refractivity contribution in [1.29, 1.82) is 0 Å². The lowest BCUT2D eigenvalue weighted by atomic mass is 9.95. The van der Waals surface area contributed by atoms with Crippen molar-refractivity contribution >= 4 is 45.5 Å². The zero-order chi connectivity index (χ0) is 20.7. The van der Waals surface area contributed by atoms with Gasteiger partial charge < -0.3 is 5.11 Å². The summed E-state index contributed by atoms with van der Waals surface area (Å²) in [5.74, 6) is -1.77. The third-order valence-corrected chi connectivity index (χ3v) is 5.77. The highest BCUT2D eigenvalue weighted by Crippen LogP contribution is 2.42. The van der Waals surface area contributed by atoms with Gasteiger partial charge in [0.1, 0.15) is 10.8 Å². The number of benzene rings is 2. The molecule has 1 amide bonds. The van der Waals surface area contributed by atoms with Crippen molar-refractivity contribution in [3.05, 3.63) is 80.8 Å². The molecular weight excluding hydrogens is 410 g/mol. The number of aliphatic hydroxyl groups is 1. The maximum atomic E-state index is 12.9. The number of carbonyl (C=O) groups excluding carboxylic acids is 2. The molecule has 146 valence electrons. The van der Waals surface area contributed by atoms with Gasteiger partial charge in [0.2, 0.25) is 5.13 Å². The Balaban J connectivity index is 1.93. The Bertz CT molecular complexity index is 1140. The fourth-order valence-corrected chi connectivity index (χ4v) is 4.08. The highest BCUT2D eigenvalue weighted by atomic mass is 35.5. The molecule has 1 atom stereocenters. The van der Waals surface area contributed by atoms with Crippen LogP contribution in [0.15, 0.2) is 54.1 Å². The fraction of sp³-hybridized carbons (Fsp3) is 0.143. The number of hydrogen-bond acceptors (Lipinski definition) is 6. The van der Waals surface area contributed by atoms with Crippen LogP contribution in [-0.4, -0.2) is 27.0 Å². The van der Waals surface area contributed by atoms with E-state index < -0.39 is 17.7 Å². The average Bonchev–Trinajstić information content (AvgIpc) is 3.24. The summed E-state index contributed by atoms with van der Waals surface area (Å²) < 4.78 is 0. The Morgan fingerprint density at radius 2 is 1.69 bits per heavy atom. The number of aromatic nitrogens is 2. The molecule has 2 heterocycles. The molecule has 0 saturated carbocycles. The van der Waals surface area contributed by atoms with Crippen molar-refractivity contribution in [2.24, 2.45) is 0 Å². The quantitative estimate of drug-likeness (QED) is 0.381. The number of carbonyl (C=O) groups is 2. The second kappa shape index (κ2) is 7.42. The second-order valence-electron chi connectivity index (χ2n) is 6.69. The molecule has 1 aromatic heterocycles. The first-order valence-corrected chi connectivity index (χ1v) is 10.00. The van der Waals surface area contributed by atoms with Gasteiger partial charge >= 0.3 is 5.91 Å². The predicted octanol–water partition coefficient (Wildman–Crippen LogP) is 4.43. The van der Waals surface area contributed by atoms with Gasteiger partial charge in [0.25, 0.3) is 5.78 Å². The van der Waals surface area contributed by atoms with Crippen LogP contribution in [0.5, 0.6) is 0 Å². The lowest BCUT2D eigenvalue weighted by Gasteiger charge is -2.22. The monoisotopic (exact) mass is 425 g/mol. The first kappa shape index (κ1) is 19.3. The van der Waals surface area contributed by atoms with Crippen molar-refractivity contribution in [3.63, 3.8) is 0 Å². The Hall–Kier alpha value is -3.03. The number of aryl methyl sites for hydroxylation is 2. The van der Waals surface area contributed by atoms with Gasteiger partial charge in [-0.15, -0.1) is 10.2 Å². The molecule has 2 aromatic carbocycles. The number of Topliss-reactive ketones (excluding diaryl/α,β-unsaturated/α-hetero) is 1. The van der Waals surface area contributed by atoms with Gasteiger partial charge in [0.15, 0.2) is 0 Å². The SMILES string of the molecule is Cc1ccc([C@H]2C(=C(O)c3ccc(Cl)cc3)C(=O)C(=O)N2c2nnc(C)s2)cc1. The number of amides is 1. The molecule has 1 N–H and O–H groups in total. The summed E-state index contributed by atoms with van der Waals surface area (Å²) in [5.41, 5.74) is 2.14. The molecule has 29 heavy (non-hydrogen) atoms. The molecule has 1 aliphatic rings. The predicted molar refractivity (Wildman–Crippen MR) is 112 cm³/mol. The van der Waals surface area contributed by atoms with Gasteiger partial charge in [-0.1, -0.05) is 52.8 Å². The Morgan fingerprint density at radius 3 is 2.28 bits per heavy atom. The van der Waals surface area contributed by atoms with Crippen LogP contribution in [0.4, 0.5) is 5.13 Å². The number of halogens is 1. The molecule has 4 rings (SSSR count). The summed E-state index contributed by atoms with van der Waals surface area (Å²) in [5, 5.41) is 20.5. The van der Waals surface area contributed by atoms with Gasteiger partial charge in [-0.25, -0.2) is 0 Å². The molecule has 0 bridgehead atoms. The van der Waals surface area contributed by atoms with Crippen molar-refractivity contribution in [1.82, 2.24) is 10.2 Å². The number of rotatable bonds is 3. The average molecular weight is 426 g/mol. The topological polar surface area (TPSA) is 83.4 Å². The van der Waals surface area contributed by atoms with E-state index in [9.17, 15) is 14.7 Å². The summed E-state index contributed by atoms with van der Waals surface area (Å²) in [4.78, 5) is 27.2. The highest BCUT2D eigenvalue weighted by Gasteiger charge is 2.48. The van der Waals surface area contributed by atoms with Gasteiger partial charge in [0, 0.05) is 10.6 Å². The molecule has 0 unspecified atom stereocenters. The molecule has 8 heteroatoms. The van der Waals surface area contributed by atoms with E-state index in [1.54, 1.807) is 31.2 Å². The first-order chi connectivity index (χ1) is 13.9. The molecule has 0 spiro atoms. The number of hydrogen-bond donors (Lipinski definition) is 1. The zero-order valence-corrected chi connectivity index (χ0v) is 17.2. The Morgan fingerprint density at radius 1 is 1.03 bits per heavy atom. The van der Waals surface area contributed by atoms with Crippen LogP contribution >= 0.6 is 22.9 Å². The largest absolute Gasteiger partial charge is 0.507 e. The van der Waals surface area contributed by atoms with E-state index in [0.717, 1.165) is 5.56 Å². The summed E-state index contributed by atoms with van der Waals surface area (Å²) in [7, 11) is 0. The Kier molecular flexibility index (Phi) is 4.94. The van der Waals surface area contributed by atoms with E-state index >= 15 is 0 Å². The van der Waals surface area contributed by atoms with E-state index in [1.165, 1.54) is 16.2 Å². The van der Waals surface area contributed by atoms with E-state index in [2.05, 4.69) is 10.2 Å². The minimum Gasteiger partial charge on any atom is -0.507 e. The Labute approximate surface area is 176 Å². The van der Waals surface area contributed by atoms with Gasteiger partial charge in [-0.05, 0) is 43.7 Å². The molecule has 6 nitrogen and oxygen atoms in total. The summed E-state index contributed by atoms with van der Waals surface area (Å²) in [6.07, 6.45) is 0. The molecule has 3 aromatic rings. The van der Waals surface area contributed by atoms with Crippen LogP contribution in [0.2, 0.25) is 5.02 Å². The van der Waals surface area contributed by atoms with Crippen LogP contribution in [0.25, 0.3) is 5.76 Å². The van der Waals surface area contributed by atoms with Crippen LogP contribution in [0.3, 0.4) is 0 Å². The zero-order valence-electron chi connectivity index (χ0n) is 15.6. The second-order valence-corrected chi connectivity index (χ2v) is 8.29. The molecule has 0 aliphatic carbocycles.